The van der Waals surface area contributed by atoms with Crippen molar-refractivity contribution in [1.82, 2.24) is 9.88 Å². The van der Waals surface area contributed by atoms with E-state index in [1.54, 1.807) is 4.90 Å². The van der Waals surface area contributed by atoms with Crippen molar-refractivity contribution in [1.29, 1.82) is 0 Å². The fourth-order valence-corrected chi connectivity index (χ4v) is 3.33. The number of carbonyl (C=O) groups excluding carboxylic acids is 1. The predicted molar refractivity (Wildman–Crippen MR) is 115 cm³/mol. The minimum atomic E-state index is -1.21. The third-order valence-electron chi connectivity index (χ3n) is 4.01. The van der Waals surface area contributed by atoms with Crippen LogP contribution in [0.1, 0.15) is 29.1 Å². The lowest BCUT2D eigenvalue weighted by atomic mass is 10.2. The highest BCUT2D eigenvalue weighted by atomic mass is 28.3. The summed E-state index contributed by atoms with van der Waals surface area (Å²) in [4.78, 5) is 18.5. The maximum atomic E-state index is 12.8. The highest BCUT2D eigenvalue weighted by Gasteiger charge is 2.25. The minimum Gasteiger partial charge on any atom is -0.489 e. The van der Waals surface area contributed by atoms with Gasteiger partial charge in [-0.3, -0.25) is 0 Å². The van der Waals surface area contributed by atoms with E-state index in [0.717, 1.165) is 6.04 Å². The summed E-state index contributed by atoms with van der Waals surface area (Å²) in [6.45, 7) is 14.8. The van der Waals surface area contributed by atoms with Crippen LogP contribution in [0.3, 0.4) is 0 Å². The van der Waals surface area contributed by atoms with Crippen molar-refractivity contribution in [2.24, 2.45) is 0 Å². The number of pyridine rings is 1. The van der Waals surface area contributed by atoms with Crippen LogP contribution in [0.5, 0.6) is 23.3 Å². The van der Waals surface area contributed by atoms with E-state index in [1.807, 2.05) is 27.7 Å². The third-order valence-corrected chi connectivity index (χ3v) is 5.71. The molecule has 1 aromatic rings. The molecule has 29 heavy (non-hydrogen) atoms. The molecule has 0 atom stereocenters. The molecule has 1 amide bonds. The Kier molecular flexibility index (Phi) is 9.03. The molecule has 0 aliphatic rings. The Bertz CT molecular complexity index is 702. The number of amides is 1. The van der Waals surface area contributed by atoms with Gasteiger partial charge < -0.3 is 28.6 Å². The summed E-state index contributed by atoms with van der Waals surface area (Å²) < 4.78 is 35.6. The van der Waals surface area contributed by atoms with Crippen molar-refractivity contribution in [3.63, 3.8) is 0 Å². The van der Waals surface area contributed by atoms with Crippen molar-refractivity contribution in [3.05, 3.63) is 6.04 Å². The van der Waals surface area contributed by atoms with Crippen molar-refractivity contribution in [3.8, 4) is 23.3 Å². The smallest absolute Gasteiger partial charge is 0.415 e. The lowest BCUT2D eigenvalue weighted by Crippen LogP contribution is -2.43. The van der Waals surface area contributed by atoms with Crippen LogP contribution in [0.2, 0.25) is 25.7 Å². The van der Waals surface area contributed by atoms with Gasteiger partial charge >= 0.3 is 6.09 Å². The quantitative estimate of drug-likeness (QED) is 0.293. The number of hydrogen-bond acceptors (Lipinski definition) is 7. The summed E-state index contributed by atoms with van der Waals surface area (Å²) in [5, 5.41) is 0. The number of ether oxygens (including phenoxy) is 5. The van der Waals surface area contributed by atoms with Crippen LogP contribution in [-0.4, -0.2) is 63.8 Å². The Hall–Kier alpha value is -2.00. The summed E-state index contributed by atoms with van der Waals surface area (Å²) in [5.41, 5.74) is 0. The van der Waals surface area contributed by atoms with Crippen LogP contribution in [0, 0.1) is 0 Å². The number of rotatable bonds is 11. The Balaban J connectivity index is 3.10. The molecule has 0 bridgehead atoms. The summed E-state index contributed by atoms with van der Waals surface area (Å²) in [6, 6.07) is 0.600. The highest BCUT2D eigenvalue weighted by molar-refractivity contribution is 6.76. The second-order valence-corrected chi connectivity index (χ2v) is 14.0. The lowest BCUT2D eigenvalue weighted by molar-refractivity contribution is 0.0188. The van der Waals surface area contributed by atoms with Crippen LogP contribution in [0.25, 0.3) is 0 Å². The van der Waals surface area contributed by atoms with Gasteiger partial charge in [0, 0.05) is 32.8 Å². The first kappa shape index (κ1) is 23.3. The van der Waals surface area contributed by atoms with Gasteiger partial charge in [-0.25, -0.2) is 4.79 Å². The van der Waals surface area contributed by atoms with E-state index in [-0.39, 0.29) is 48.2 Å². The van der Waals surface area contributed by atoms with Gasteiger partial charge in [-0.15, -0.1) is 0 Å². The van der Waals surface area contributed by atoms with Crippen molar-refractivity contribution in [2.75, 3.05) is 27.6 Å². The van der Waals surface area contributed by atoms with E-state index in [4.69, 9.17) is 25.1 Å². The number of carbonyl (C=O) groups is 1. The number of hydrogen-bond donors (Lipinski definition) is 0. The second-order valence-electron chi connectivity index (χ2n) is 8.36. The molecule has 9 heteroatoms. The third kappa shape index (κ3) is 8.10. The predicted octanol–water partition coefficient (Wildman–Crippen LogP) is 4.41. The molecule has 0 saturated carbocycles. The minimum absolute atomic E-state index is 0.0500. The zero-order chi connectivity index (χ0) is 23.1. The summed E-state index contributed by atoms with van der Waals surface area (Å²) in [6.07, 6.45) is -0.600. The molecule has 0 aromatic carbocycles. The van der Waals surface area contributed by atoms with Crippen LogP contribution < -0.4 is 18.9 Å². The Labute approximate surface area is 176 Å². The number of nitrogens with zero attached hydrogens (tertiary/aromatic N) is 2. The Morgan fingerprint density at radius 2 is 1.79 bits per heavy atom. The number of aromatic nitrogens is 1. The Morgan fingerprint density at radius 3 is 2.28 bits per heavy atom. The van der Waals surface area contributed by atoms with Gasteiger partial charge in [-0.1, -0.05) is 19.6 Å². The van der Waals surface area contributed by atoms with Crippen molar-refractivity contribution < 1.29 is 29.8 Å². The molecule has 8 nitrogen and oxygen atoms in total. The largest absolute Gasteiger partial charge is 0.489 e. The molecule has 1 aromatic heterocycles. The van der Waals surface area contributed by atoms with Gasteiger partial charge in [0.25, 0.3) is 5.88 Å². The molecule has 0 saturated heterocycles. The van der Waals surface area contributed by atoms with Gasteiger partial charge in [0.1, 0.15) is 0 Å². The van der Waals surface area contributed by atoms with Gasteiger partial charge in [-0.2, -0.15) is 4.98 Å². The molecular weight excluding hydrogens is 392 g/mol. The first-order valence-corrected chi connectivity index (χ1v) is 13.5. The van der Waals surface area contributed by atoms with Crippen LogP contribution in [0.15, 0.2) is 6.04 Å². The lowest BCUT2D eigenvalue weighted by Gasteiger charge is -2.29. The maximum absolute atomic E-state index is 12.8. The average molecular weight is 430 g/mol. The molecule has 166 valence electrons. The first-order chi connectivity index (χ1) is 13.9. The van der Waals surface area contributed by atoms with E-state index in [1.165, 1.54) is 14.2 Å². The molecule has 1 heterocycles. The topological polar surface area (TPSA) is 79.4 Å². The standard InChI is InChI=1S/C20H36N2O6Si/c1-14(2)22(15(3)4)20(23)28-16-12-17(21-19(25-6)18(16)24-5)27-13-26-10-11-29(7,8)9/h12,14-15H,10-11,13H2,1-9H3/i12D. The molecular formula is C20H36N2O6Si. The average Bonchev–Trinajstić information content (AvgIpc) is 2.62. The normalized spacial score (nSPS) is 12.0. The molecule has 0 spiro atoms. The van der Waals surface area contributed by atoms with Crippen LogP contribution in [-0.2, 0) is 4.74 Å². The van der Waals surface area contributed by atoms with Crippen molar-refractivity contribution in [2.45, 2.75) is 65.5 Å². The second kappa shape index (κ2) is 11.3. The molecule has 0 fully saturated rings. The van der Waals surface area contributed by atoms with E-state index in [9.17, 15) is 4.79 Å². The van der Waals surface area contributed by atoms with Crippen LogP contribution >= 0.6 is 0 Å². The van der Waals surface area contributed by atoms with Crippen LogP contribution in [0.4, 0.5) is 4.79 Å². The van der Waals surface area contributed by atoms with Gasteiger partial charge in [0.2, 0.25) is 11.6 Å². The summed E-state index contributed by atoms with van der Waals surface area (Å²) in [5.74, 6) is -0.0776. The van der Waals surface area contributed by atoms with Gasteiger partial charge in [0.05, 0.1) is 15.6 Å². The summed E-state index contributed by atoms with van der Waals surface area (Å²) in [7, 11) is 1.58. The molecule has 0 aliphatic heterocycles. The molecule has 1 rings (SSSR count). The Morgan fingerprint density at radius 1 is 1.17 bits per heavy atom. The zero-order valence-electron chi connectivity index (χ0n) is 20.1. The monoisotopic (exact) mass is 429 g/mol. The van der Waals surface area contributed by atoms with E-state index in [2.05, 4.69) is 24.6 Å². The fourth-order valence-electron chi connectivity index (χ4n) is 2.57. The molecule has 0 aliphatic carbocycles. The first-order valence-electron chi connectivity index (χ1n) is 10.3. The molecule has 0 N–H and O–H groups in total. The van der Waals surface area contributed by atoms with Crippen molar-refractivity contribution >= 4 is 14.2 Å². The maximum Gasteiger partial charge on any atom is 0.415 e. The van der Waals surface area contributed by atoms with E-state index >= 15 is 0 Å². The highest BCUT2D eigenvalue weighted by Crippen LogP contribution is 2.38. The van der Waals surface area contributed by atoms with E-state index < -0.39 is 14.2 Å². The van der Waals surface area contributed by atoms with Gasteiger partial charge in [-0.05, 0) is 33.7 Å². The molecule has 0 radical (unpaired) electrons. The van der Waals surface area contributed by atoms with E-state index in [0.29, 0.717) is 6.61 Å². The summed E-state index contributed by atoms with van der Waals surface area (Å²) >= 11 is 0. The van der Waals surface area contributed by atoms with Gasteiger partial charge in [0.15, 0.2) is 12.5 Å². The fraction of sp³-hybridized carbons (Fsp3) is 0.700. The number of methoxy groups -OCH3 is 2. The molecule has 0 unspecified atom stereocenters. The SMILES string of the molecule is [2H]c1c(OCOCC[Si](C)(C)C)nc(OC)c(OC)c1OC(=O)N(C(C)C)C(C)C. The zero-order valence-corrected chi connectivity index (χ0v) is 20.1.